The van der Waals surface area contributed by atoms with Crippen molar-refractivity contribution >= 4 is 11.7 Å². The second kappa shape index (κ2) is 6.56. The van der Waals surface area contributed by atoms with Gasteiger partial charge in [-0.1, -0.05) is 32.9 Å². The number of hydrogen-bond donors (Lipinski definition) is 2. The Bertz CT molecular complexity index is 662. The molecule has 2 N–H and O–H groups in total. The summed E-state index contributed by atoms with van der Waals surface area (Å²) < 4.78 is 0. The Morgan fingerprint density at radius 3 is 2.68 bits per heavy atom. The van der Waals surface area contributed by atoms with Crippen molar-refractivity contribution in [2.45, 2.75) is 32.7 Å². The fraction of sp³-hybridized carbons (Fsp3) is 0.353. The van der Waals surface area contributed by atoms with E-state index in [4.69, 9.17) is 0 Å². The Labute approximate surface area is 131 Å². The molecule has 22 heavy (non-hydrogen) atoms. The first-order valence-corrected chi connectivity index (χ1v) is 7.28. The molecule has 0 saturated carbocycles. The number of rotatable bonds is 4. The molecule has 0 radical (unpaired) electrons. The third-order valence-electron chi connectivity index (χ3n) is 3.22. The third kappa shape index (κ3) is 4.04. The standard InChI is InChI=1S/C17H22N4O/c1-17(2,3)16-19-9-8-14(21-16)20-11-12-6-5-7-13(10-12)15(22)18-4/h5-10H,11H2,1-4H3,(H,18,22)(H,19,20,21). The number of aromatic nitrogens is 2. The molecule has 2 aromatic rings. The van der Waals surface area contributed by atoms with Gasteiger partial charge >= 0.3 is 0 Å². The van der Waals surface area contributed by atoms with Crippen LogP contribution in [0.4, 0.5) is 5.82 Å². The molecule has 0 aliphatic carbocycles. The topological polar surface area (TPSA) is 66.9 Å². The van der Waals surface area contributed by atoms with Crippen molar-refractivity contribution in [3.63, 3.8) is 0 Å². The lowest BCUT2D eigenvalue weighted by molar-refractivity contribution is 0.0963. The van der Waals surface area contributed by atoms with Crippen LogP contribution in [0.5, 0.6) is 0 Å². The summed E-state index contributed by atoms with van der Waals surface area (Å²) in [6, 6.07) is 9.37. The third-order valence-corrected chi connectivity index (χ3v) is 3.22. The van der Waals surface area contributed by atoms with Crippen molar-refractivity contribution in [1.82, 2.24) is 15.3 Å². The van der Waals surface area contributed by atoms with Crippen LogP contribution in [0.25, 0.3) is 0 Å². The Morgan fingerprint density at radius 1 is 1.23 bits per heavy atom. The van der Waals surface area contributed by atoms with Gasteiger partial charge in [0.2, 0.25) is 0 Å². The molecule has 0 bridgehead atoms. The van der Waals surface area contributed by atoms with Crippen molar-refractivity contribution in [2.24, 2.45) is 0 Å². The van der Waals surface area contributed by atoms with Crippen LogP contribution < -0.4 is 10.6 Å². The molecule has 1 heterocycles. The van der Waals surface area contributed by atoms with Crippen LogP contribution in [0.15, 0.2) is 36.5 Å². The number of nitrogens with one attached hydrogen (secondary N) is 2. The van der Waals surface area contributed by atoms with E-state index in [1.807, 2.05) is 24.3 Å². The van der Waals surface area contributed by atoms with E-state index in [9.17, 15) is 4.79 Å². The van der Waals surface area contributed by atoms with Gasteiger partial charge in [0.1, 0.15) is 11.6 Å². The maximum Gasteiger partial charge on any atom is 0.251 e. The minimum absolute atomic E-state index is 0.0843. The van der Waals surface area contributed by atoms with Crippen LogP contribution in [-0.2, 0) is 12.0 Å². The lowest BCUT2D eigenvalue weighted by atomic mass is 9.96. The lowest BCUT2D eigenvalue weighted by Gasteiger charge is -2.17. The summed E-state index contributed by atoms with van der Waals surface area (Å²) in [4.78, 5) is 20.5. The highest BCUT2D eigenvalue weighted by Gasteiger charge is 2.17. The number of hydrogen-bond acceptors (Lipinski definition) is 4. The average Bonchev–Trinajstić information content (AvgIpc) is 2.52. The van der Waals surface area contributed by atoms with Gasteiger partial charge in [0, 0.05) is 30.8 Å². The first-order chi connectivity index (χ1) is 10.4. The number of nitrogens with zero attached hydrogens (tertiary/aromatic N) is 2. The van der Waals surface area contributed by atoms with Crippen LogP contribution in [0.2, 0.25) is 0 Å². The highest BCUT2D eigenvalue weighted by Crippen LogP contribution is 2.19. The zero-order valence-corrected chi connectivity index (χ0v) is 13.5. The molecule has 5 heteroatoms. The van der Waals surface area contributed by atoms with Gasteiger partial charge in [0.05, 0.1) is 0 Å². The van der Waals surface area contributed by atoms with E-state index >= 15 is 0 Å². The fourth-order valence-electron chi connectivity index (χ4n) is 1.98. The average molecular weight is 298 g/mol. The normalized spacial score (nSPS) is 11.1. The number of amides is 1. The van der Waals surface area contributed by atoms with Crippen LogP contribution in [0.1, 0.15) is 42.5 Å². The zero-order valence-electron chi connectivity index (χ0n) is 13.5. The molecule has 0 spiro atoms. The van der Waals surface area contributed by atoms with Gasteiger partial charge in [-0.2, -0.15) is 0 Å². The summed E-state index contributed by atoms with van der Waals surface area (Å²) in [5.41, 5.74) is 1.59. The van der Waals surface area contributed by atoms with Gasteiger partial charge in [-0.25, -0.2) is 9.97 Å². The predicted molar refractivity (Wildman–Crippen MR) is 87.9 cm³/mol. The quantitative estimate of drug-likeness (QED) is 0.911. The smallest absolute Gasteiger partial charge is 0.251 e. The van der Waals surface area contributed by atoms with Crippen molar-refractivity contribution in [1.29, 1.82) is 0 Å². The monoisotopic (exact) mass is 298 g/mol. The Kier molecular flexibility index (Phi) is 4.75. The van der Waals surface area contributed by atoms with Crippen molar-refractivity contribution in [3.05, 3.63) is 53.5 Å². The molecule has 2 rings (SSSR count). The Hall–Kier alpha value is -2.43. The lowest BCUT2D eigenvalue weighted by Crippen LogP contribution is -2.18. The van der Waals surface area contributed by atoms with Crippen molar-refractivity contribution in [3.8, 4) is 0 Å². The van der Waals surface area contributed by atoms with Gasteiger partial charge < -0.3 is 10.6 Å². The number of anilines is 1. The van der Waals surface area contributed by atoms with Gasteiger partial charge in [0.25, 0.3) is 5.91 Å². The molecular weight excluding hydrogens is 276 g/mol. The molecule has 1 aromatic carbocycles. The molecule has 1 amide bonds. The van der Waals surface area contributed by atoms with Crippen LogP contribution in [0.3, 0.4) is 0 Å². The minimum atomic E-state index is -0.0865. The predicted octanol–water partition coefficient (Wildman–Crippen LogP) is 2.75. The largest absolute Gasteiger partial charge is 0.366 e. The summed E-state index contributed by atoms with van der Waals surface area (Å²) >= 11 is 0. The Morgan fingerprint density at radius 2 is 2.00 bits per heavy atom. The molecule has 0 saturated heterocycles. The molecular formula is C17H22N4O. The number of carbonyl (C=O) groups excluding carboxylic acids is 1. The van der Waals surface area contributed by atoms with Gasteiger partial charge in [-0.05, 0) is 23.8 Å². The van der Waals surface area contributed by atoms with E-state index in [0.717, 1.165) is 17.2 Å². The van der Waals surface area contributed by atoms with E-state index in [0.29, 0.717) is 12.1 Å². The molecule has 0 aliphatic rings. The molecule has 1 aromatic heterocycles. The molecule has 0 fully saturated rings. The number of benzene rings is 1. The first-order valence-electron chi connectivity index (χ1n) is 7.28. The molecule has 0 unspecified atom stereocenters. The van der Waals surface area contributed by atoms with Gasteiger partial charge in [-0.15, -0.1) is 0 Å². The van der Waals surface area contributed by atoms with Crippen molar-refractivity contribution < 1.29 is 4.79 Å². The van der Waals surface area contributed by atoms with Crippen LogP contribution in [-0.4, -0.2) is 22.9 Å². The van der Waals surface area contributed by atoms with Crippen LogP contribution in [0, 0.1) is 0 Å². The molecule has 5 nitrogen and oxygen atoms in total. The highest BCUT2D eigenvalue weighted by atomic mass is 16.1. The van der Waals surface area contributed by atoms with Gasteiger partial charge in [0.15, 0.2) is 0 Å². The second-order valence-electron chi connectivity index (χ2n) is 6.15. The maximum absolute atomic E-state index is 11.6. The molecule has 0 aliphatic heterocycles. The van der Waals surface area contributed by atoms with Crippen LogP contribution >= 0.6 is 0 Å². The summed E-state index contributed by atoms with van der Waals surface area (Å²) in [6.07, 6.45) is 1.76. The Balaban J connectivity index is 2.09. The van der Waals surface area contributed by atoms with Gasteiger partial charge in [-0.3, -0.25) is 4.79 Å². The summed E-state index contributed by atoms with van der Waals surface area (Å²) in [7, 11) is 1.63. The van der Waals surface area contributed by atoms with E-state index < -0.39 is 0 Å². The minimum Gasteiger partial charge on any atom is -0.366 e. The number of carbonyl (C=O) groups is 1. The summed E-state index contributed by atoms with van der Waals surface area (Å²) in [5, 5.41) is 5.90. The first kappa shape index (κ1) is 15.9. The summed E-state index contributed by atoms with van der Waals surface area (Å²) in [6.45, 7) is 6.85. The fourth-order valence-corrected chi connectivity index (χ4v) is 1.98. The summed E-state index contributed by atoms with van der Waals surface area (Å²) in [5.74, 6) is 1.50. The second-order valence-corrected chi connectivity index (χ2v) is 6.15. The van der Waals surface area contributed by atoms with E-state index in [1.54, 1.807) is 19.3 Å². The van der Waals surface area contributed by atoms with E-state index in [2.05, 4.69) is 41.4 Å². The van der Waals surface area contributed by atoms with E-state index in [-0.39, 0.29) is 11.3 Å². The van der Waals surface area contributed by atoms with E-state index in [1.165, 1.54) is 0 Å². The SMILES string of the molecule is CNC(=O)c1cccc(CNc2ccnc(C(C)(C)C)n2)c1. The molecule has 116 valence electrons. The highest BCUT2D eigenvalue weighted by molar-refractivity contribution is 5.94. The molecule has 0 atom stereocenters. The maximum atomic E-state index is 11.6. The zero-order chi connectivity index (χ0) is 16.2. The van der Waals surface area contributed by atoms with Crippen molar-refractivity contribution in [2.75, 3.05) is 12.4 Å².